The summed E-state index contributed by atoms with van der Waals surface area (Å²) in [5, 5.41) is 11.2. The Kier molecular flexibility index (Phi) is 2.70. The van der Waals surface area contributed by atoms with Gasteiger partial charge in [-0.3, -0.25) is 0 Å². The molecule has 108 valence electrons. The number of aryl methyl sites for hydroxylation is 2. The summed E-state index contributed by atoms with van der Waals surface area (Å²) >= 11 is 0. The van der Waals surface area contributed by atoms with Crippen LogP contribution in [0.25, 0.3) is 33.3 Å². The van der Waals surface area contributed by atoms with E-state index in [2.05, 4.69) is 0 Å². The fourth-order valence-corrected chi connectivity index (χ4v) is 2.70. The number of nitrogens with zero attached hydrogens (tertiary/aromatic N) is 1. The number of pyridine rings is 1. The molecule has 0 spiro atoms. The van der Waals surface area contributed by atoms with E-state index in [1.807, 2.05) is 56.3 Å². The highest BCUT2D eigenvalue weighted by Gasteiger charge is 2.14. The van der Waals surface area contributed by atoms with E-state index in [0.29, 0.717) is 11.1 Å². The van der Waals surface area contributed by atoms with Crippen LogP contribution in [0.1, 0.15) is 11.1 Å². The first-order chi connectivity index (χ1) is 10.6. The molecule has 0 fully saturated rings. The molecule has 0 unspecified atom stereocenters. The van der Waals surface area contributed by atoms with Crippen molar-refractivity contribution in [2.45, 2.75) is 13.8 Å². The molecule has 3 nitrogen and oxygen atoms in total. The van der Waals surface area contributed by atoms with Crippen molar-refractivity contribution in [3.05, 3.63) is 59.7 Å². The molecule has 0 saturated carbocycles. The van der Waals surface area contributed by atoms with Crippen LogP contribution in [0.3, 0.4) is 0 Å². The Labute approximate surface area is 127 Å². The lowest BCUT2D eigenvalue weighted by Gasteiger charge is -2.03. The van der Waals surface area contributed by atoms with Crippen LogP contribution >= 0.6 is 0 Å². The summed E-state index contributed by atoms with van der Waals surface area (Å²) in [5.74, 6) is 0.120. The van der Waals surface area contributed by atoms with Gasteiger partial charge < -0.3 is 9.52 Å². The standard InChI is InChI=1S/C19H15NO2/c1-11-3-6-13(7-4-11)15-10-16(21)19-18(20-15)14-9-12(2)5-8-17(14)22-19/h3-10H,1-2H3,(H,20,21). The summed E-state index contributed by atoms with van der Waals surface area (Å²) < 4.78 is 5.74. The largest absolute Gasteiger partial charge is 0.504 e. The normalized spacial score (nSPS) is 11.4. The van der Waals surface area contributed by atoms with Crippen LogP contribution in [0.4, 0.5) is 0 Å². The van der Waals surface area contributed by atoms with E-state index < -0.39 is 0 Å². The summed E-state index contributed by atoms with van der Waals surface area (Å²) in [4.78, 5) is 4.71. The predicted molar refractivity (Wildman–Crippen MR) is 88.1 cm³/mol. The second-order valence-corrected chi connectivity index (χ2v) is 5.67. The fraction of sp³-hybridized carbons (Fsp3) is 0.105. The molecule has 4 aromatic rings. The summed E-state index contributed by atoms with van der Waals surface area (Å²) in [5.41, 5.74) is 5.94. The third kappa shape index (κ3) is 1.94. The van der Waals surface area contributed by atoms with Gasteiger partial charge >= 0.3 is 0 Å². The van der Waals surface area contributed by atoms with Crippen LogP contribution in [0.5, 0.6) is 5.75 Å². The average Bonchev–Trinajstić information content (AvgIpc) is 2.87. The lowest BCUT2D eigenvalue weighted by molar-refractivity contribution is 0.468. The predicted octanol–water partition coefficient (Wildman–Crippen LogP) is 4.97. The Morgan fingerprint density at radius 2 is 1.64 bits per heavy atom. The maximum Gasteiger partial charge on any atom is 0.195 e. The van der Waals surface area contributed by atoms with Crippen LogP contribution in [0, 0.1) is 13.8 Å². The van der Waals surface area contributed by atoms with Gasteiger partial charge in [0.05, 0.1) is 5.69 Å². The topological polar surface area (TPSA) is 46.3 Å². The van der Waals surface area contributed by atoms with Gasteiger partial charge in [-0.15, -0.1) is 0 Å². The van der Waals surface area contributed by atoms with Gasteiger partial charge in [-0.2, -0.15) is 0 Å². The van der Waals surface area contributed by atoms with Gasteiger partial charge in [0.25, 0.3) is 0 Å². The molecule has 4 rings (SSSR count). The van der Waals surface area contributed by atoms with Crippen molar-refractivity contribution in [3.8, 4) is 17.0 Å². The summed E-state index contributed by atoms with van der Waals surface area (Å²) in [6, 6.07) is 15.7. The molecule has 2 heterocycles. The quantitative estimate of drug-likeness (QED) is 0.538. The molecule has 0 bridgehead atoms. The van der Waals surface area contributed by atoms with Crippen molar-refractivity contribution in [2.24, 2.45) is 0 Å². The molecule has 1 N–H and O–H groups in total. The van der Waals surface area contributed by atoms with Crippen LogP contribution < -0.4 is 0 Å². The van der Waals surface area contributed by atoms with E-state index in [4.69, 9.17) is 9.40 Å². The maximum atomic E-state index is 10.3. The van der Waals surface area contributed by atoms with Crippen LogP contribution in [0.15, 0.2) is 52.9 Å². The molecule has 22 heavy (non-hydrogen) atoms. The van der Waals surface area contributed by atoms with E-state index in [9.17, 15) is 5.11 Å². The lowest BCUT2D eigenvalue weighted by atomic mass is 10.1. The van der Waals surface area contributed by atoms with E-state index in [-0.39, 0.29) is 5.75 Å². The molecule has 0 radical (unpaired) electrons. The monoisotopic (exact) mass is 289 g/mol. The van der Waals surface area contributed by atoms with Gasteiger partial charge in [-0.25, -0.2) is 4.98 Å². The van der Waals surface area contributed by atoms with Crippen molar-refractivity contribution in [1.82, 2.24) is 4.98 Å². The number of furan rings is 1. The Morgan fingerprint density at radius 3 is 2.41 bits per heavy atom. The van der Waals surface area contributed by atoms with E-state index >= 15 is 0 Å². The second-order valence-electron chi connectivity index (χ2n) is 5.67. The first-order valence-corrected chi connectivity index (χ1v) is 7.22. The van der Waals surface area contributed by atoms with Crippen molar-refractivity contribution >= 4 is 22.1 Å². The fourth-order valence-electron chi connectivity index (χ4n) is 2.70. The number of rotatable bonds is 1. The van der Waals surface area contributed by atoms with E-state index in [1.54, 1.807) is 6.07 Å². The molecule has 0 atom stereocenters. The first kappa shape index (κ1) is 12.9. The van der Waals surface area contributed by atoms with Crippen molar-refractivity contribution in [2.75, 3.05) is 0 Å². The minimum Gasteiger partial charge on any atom is -0.504 e. The van der Waals surface area contributed by atoms with Gasteiger partial charge in [0, 0.05) is 17.0 Å². The molecule has 2 aromatic carbocycles. The number of hydrogen-bond acceptors (Lipinski definition) is 3. The van der Waals surface area contributed by atoms with Gasteiger partial charge in [0.2, 0.25) is 0 Å². The SMILES string of the molecule is Cc1ccc(-c2cc(O)c3oc4ccc(C)cc4c3n2)cc1. The molecule has 3 heteroatoms. The molecule has 0 aliphatic carbocycles. The number of hydrogen-bond donors (Lipinski definition) is 1. The van der Waals surface area contributed by atoms with Crippen molar-refractivity contribution in [3.63, 3.8) is 0 Å². The van der Waals surface area contributed by atoms with Crippen LogP contribution in [0.2, 0.25) is 0 Å². The number of benzene rings is 2. The highest BCUT2D eigenvalue weighted by Crippen LogP contribution is 2.36. The minimum atomic E-state index is 0.120. The molecular formula is C19H15NO2. The molecule has 0 amide bonds. The second kappa shape index (κ2) is 4.60. The summed E-state index contributed by atoms with van der Waals surface area (Å²) in [7, 11) is 0. The minimum absolute atomic E-state index is 0.120. The zero-order chi connectivity index (χ0) is 15.3. The summed E-state index contributed by atoms with van der Waals surface area (Å²) in [6.45, 7) is 4.08. The molecule has 0 aliphatic rings. The van der Waals surface area contributed by atoms with Crippen molar-refractivity contribution in [1.29, 1.82) is 0 Å². The van der Waals surface area contributed by atoms with Crippen molar-refractivity contribution < 1.29 is 9.52 Å². The Balaban J connectivity index is 2.03. The zero-order valence-electron chi connectivity index (χ0n) is 12.4. The smallest absolute Gasteiger partial charge is 0.195 e. The maximum absolute atomic E-state index is 10.3. The summed E-state index contributed by atoms with van der Waals surface area (Å²) in [6.07, 6.45) is 0. The molecule has 2 aromatic heterocycles. The van der Waals surface area contributed by atoms with E-state index in [0.717, 1.165) is 27.8 Å². The molecule has 0 aliphatic heterocycles. The van der Waals surface area contributed by atoms with Gasteiger partial charge in [0.15, 0.2) is 11.3 Å². The third-order valence-electron chi connectivity index (χ3n) is 3.90. The first-order valence-electron chi connectivity index (χ1n) is 7.22. The Bertz CT molecular complexity index is 997. The van der Waals surface area contributed by atoms with Gasteiger partial charge in [-0.05, 0) is 26.0 Å². The highest BCUT2D eigenvalue weighted by atomic mass is 16.4. The zero-order valence-corrected chi connectivity index (χ0v) is 12.4. The highest BCUT2D eigenvalue weighted by molar-refractivity contribution is 6.05. The number of aromatic hydroxyl groups is 1. The molecular weight excluding hydrogens is 274 g/mol. The van der Waals surface area contributed by atoms with Crippen LogP contribution in [-0.4, -0.2) is 10.1 Å². The van der Waals surface area contributed by atoms with Gasteiger partial charge in [-0.1, -0.05) is 41.5 Å². The van der Waals surface area contributed by atoms with E-state index in [1.165, 1.54) is 5.56 Å². The Hall–Kier alpha value is -2.81. The average molecular weight is 289 g/mol. The van der Waals surface area contributed by atoms with Gasteiger partial charge in [0.1, 0.15) is 11.1 Å². The number of fused-ring (bicyclic) bond motifs is 3. The number of aromatic nitrogens is 1. The third-order valence-corrected chi connectivity index (χ3v) is 3.90. The Morgan fingerprint density at radius 1 is 0.909 bits per heavy atom. The molecule has 0 saturated heterocycles. The lowest BCUT2D eigenvalue weighted by Crippen LogP contribution is -1.85. The van der Waals surface area contributed by atoms with Crippen LogP contribution in [-0.2, 0) is 0 Å².